The highest BCUT2D eigenvalue weighted by atomic mass is 31.2. The highest BCUT2D eigenvalue weighted by Crippen LogP contribution is 2.49. The Morgan fingerprint density at radius 1 is 1.41 bits per heavy atom. The van der Waals surface area contributed by atoms with E-state index in [4.69, 9.17) is 14.8 Å². The molecule has 2 N–H and O–H groups in total. The van der Waals surface area contributed by atoms with E-state index >= 15 is 0 Å². The van der Waals surface area contributed by atoms with Gasteiger partial charge in [-0.3, -0.25) is 14.3 Å². The molecule has 1 aliphatic rings. The second-order valence-electron chi connectivity index (χ2n) is 3.96. The lowest BCUT2D eigenvalue weighted by Gasteiger charge is -2.26. The summed E-state index contributed by atoms with van der Waals surface area (Å²) in [6, 6.07) is -0.343. The Hall–Kier alpha value is -0.420. The molecule has 0 unspecified atom stereocenters. The van der Waals surface area contributed by atoms with E-state index in [9.17, 15) is 9.36 Å². The lowest BCUT2D eigenvalue weighted by molar-refractivity contribution is -0.122. The maximum atomic E-state index is 12.3. The summed E-state index contributed by atoms with van der Waals surface area (Å²) in [6.07, 6.45) is 1.74. The first-order valence-corrected chi connectivity index (χ1v) is 7.66. The van der Waals surface area contributed by atoms with Crippen molar-refractivity contribution in [2.75, 3.05) is 26.0 Å². The SMILES string of the molecule is CCOP(=O)(CN1CCC[C@H]1C(N)=O)OCC. The van der Waals surface area contributed by atoms with Crippen molar-refractivity contribution >= 4 is 13.5 Å². The summed E-state index contributed by atoms with van der Waals surface area (Å²) in [6.45, 7) is 4.89. The van der Waals surface area contributed by atoms with Crippen molar-refractivity contribution in [1.82, 2.24) is 4.90 Å². The van der Waals surface area contributed by atoms with Gasteiger partial charge in [0.05, 0.1) is 19.3 Å². The molecule has 1 fully saturated rings. The summed E-state index contributed by atoms with van der Waals surface area (Å²) in [5, 5.41) is 0. The number of primary amides is 1. The van der Waals surface area contributed by atoms with Crippen LogP contribution in [0.25, 0.3) is 0 Å². The zero-order valence-electron chi connectivity index (χ0n) is 10.4. The molecule has 1 heterocycles. The lowest BCUT2D eigenvalue weighted by Crippen LogP contribution is -2.40. The molecule has 0 saturated carbocycles. The predicted molar refractivity (Wildman–Crippen MR) is 64.6 cm³/mol. The van der Waals surface area contributed by atoms with Crippen LogP contribution >= 0.6 is 7.60 Å². The number of carbonyl (C=O) groups excluding carboxylic acids is 1. The van der Waals surface area contributed by atoms with Gasteiger partial charge in [0, 0.05) is 0 Å². The summed E-state index contributed by atoms with van der Waals surface area (Å²) in [7, 11) is -3.13. The number of hydrogen-bond donors (Lipinski definition) is 1. The van der Waals surface area contributed by atoms with E-state index in [2.05, 4.69) is 0 Å². The fourth-order valence-corrected chi connectivity index (χ4v) is 3.86. The summed E-state index contributed by atoms with van der Waals surface area (Å²) in [5.74, 6) is -0.373. The van der Waals surface area contributed by atoms with Crippen molar-refractivity contribution in [3.05, 3.63) is 0 Å². The quantitative estimate of drug-likeness (QED) is 0.698. The zero-order chi connectivity index (χ0) is 12.9. The molecule has 17 heavy (non-hydrogen) atoms. The maximum Gasteiger partial charge on any atom is 0.344 e. The number of nitrogens with two attached hydrogens (primary N) is 1. The highest BCUT2D eigenvalue weighted by Gasteiger charge is 2.35. The van der Waals surface area contributed by atoms with E-state index < -0.39 is 7.60 Å². The number of hydrogen-bond acceptors (Lipinski definition) is 5. The van der Waals surface area contributed by atoms with E-state index in [-0.39, 0.29) is 18.2 Å². The van der Waals surface area contributed by atoms with Crippen molar-refractivity contribution in [2.45, 2.75) is 32.7 Å². The molecule has 0 aromatic carbocycles. The van der Waals surface area contributed by atoms with E-state index in [0.717, 1.165) is 6.42 Å². The first-order valence-electron chi connectivity index (χ1n) is 5.94. The molecule has 0 spiro atoms. The fraction of sp³-hybridized carbons (Fsp3) is 0.900. The molecule has 7 heteroatoms. The van der Waals surface area contributed by atoms with Crippen molar-refractivity contribution in [3.63, 3.8) is 0 Å². The fourth-order valence-electron chi connectivity index (χ4n) is 2.05. The van der Waals surface area contributed by atoms with Crippen LogP contribution in [0.15, 0.2) is 0 Å². The van der Waals surface area contributed by atoms with Gasteiger partial charge in [0.15, 0.2) is 0 Å². The van der Waals surface area contributed by atoms with Crippen LogP contribution in [0.2, 0.25) is 0 Å². The van der Waals surface area contributed by atoms with Crippen LogP contribution in [0.1, 0.15) is 26.7 Å². The standard InChI is InChI=1S/C10H21N2O4P/c1-3-15-17(14,16-4-2)8-12-7-5-6-9(12)10(11)13/h9H,3-8H2,1-2H3,(H2,11,13)/t9-/m0/s1. The minimum atomic E-state index is -3.13. The first-order chi connectivity index (χ1) is 8.02. The van der Waals surface area contributed by atoms with Gasteiger partial charge in [0.25, 0.3) is 0 Å². The predicted octanol–water partition coefficient (Wildman–Crippen LogP) is 1.16. The van der Waals surface area contributed by atoms with Gasteiger partial charge in [-0.25, -0.2) is 0 Å². The minimum Gasteiger partial charge on any atom is -0.368 e. The number of amides is 1. The average molecular weight is 264 g/mol. The summed E-state index contributed by atoms with van der Waals surface area (Å²) < 4.78 is 22.7. The molecule has 0 radical (unpaired) electrons. The van der Waals surface area contributed by atoms with Crippen LogP contribution < -0.4 is 5.73 Å². The van der Waals surface area contributed by atoms with Crippen LogP contribution in [0.3, 0.4) is 0 Å². The molecular formula is C10H21N2O4P. The molecule has 1 atom stereocenters. The smallest absolute Gasteiger partial charge is 0.344 e. The Labute approximate surface area is 102 Å². The van der Waals surface area contributed by atoms with Crippen LogP contribution in [-0.4, -0.2) is 42.9 Å². The molecule has 1 saturated heterocycles. The third-order valence-corrected chi connectivity index (χ3v) is 4.71. The van der Waals surface area contributed by atoms with E-state index in [0.29, 0.717) is 26.2 Å². The Morgan fingerprint density at radius 2 is 2.00 bits per heavy atom. The molecule has 100 valence electrons. The van der Waals surface area contributed by atoms with Crippen molar-refractivity contribution < 1.29 is 18.4 Å². The Balaban J connectivity index is 2.66. The Bertz CT molecular complexity index is 301. The molecule has 0 aromatic heterocycles. The van der Waals surface area contributed by atoms with Crippen molar-refractivity contribution in [1.29, 1.82) is 0 Å². The topological polar surface area (TPSA) is 81.9 Å². The molecule has 0 bridgehead atoms. The molecule has 1 amide bonds. The van der Waals surface area contributed by atoms with Gasteiger partial charge in [-0.1, -0.05) is 0 Å². The summed E-state index contributed by atoms with van der Waals surface area (Å²) >= 11 is 0. The van der Waals surface area contributed by atoms with Gasteiger partial charge in [0.1, 0.15) is 6.29 Å². The maximum absolute atomic E-state index is 12.3. The Kier molecular flexibility index (Phi) is 5.59. The van der Waals surface area contributed by atoms with Gasteiger partial charge >= 0.3 is 7.60 Å². The first kappa shape index (κ1) is 14.6. The molecule has 6 nitrogen and oxygen atoms in total. The third-order valence-electron chi connectivity index (χ3n) is 2.70. The largest absolute Gasteiger partial charge is 0.368 e. The number of carbonyl (C=O) groups is 1. The highest BCUT2D eigenvalue weighted by molar-refractivity contribution is 7.53. The average Bonchev–Trinajstić information content (AvgIpc) is 2.66. The second kappa shape index (κ2) is 6.50. The number of nitrogens with zero attached hydrogens (tertiary/aromatic N) is 1. The monoisotopic (exact) mass is 264 g/mol. The molecule has 0 aromatic rings. The van der Waals surface area contributed by atoms with Gasteiger partial charge in [-0.15, -0.1) is 0 Å². The third kappa shape index (κ3) is 4.07. The zero-order valence-corrected chi connectivity index (χ0v) is 11.3. The van der Waals surface area contributed by atoms with E-state index in [1.54, 1.807) is 18.7 Å². The molecule has 1 rings (SSSR count). The van der Waals surface area contributed by atoms with Crippen molar-refractivity contribution in [3.8, 4) is 0 Å². The lowest BCUT2D eigenvalue weighted by atomic mass is 10.2. The van der Waals surface area contributed by atoms with Gasteiger partial charge in [-0.2, -0.15) is 0 Å². The van der Waals surface area contributed by atoms with Crippen LogP contribution in [0, 0.1) is 0 Å². The molecular weight excluding hydrogens is 243 g/mol. The van der Waals surface area contributed by atoms with E-state index in [1.807, 2.05) is 0 Å². The second-order valence-corrected chi connectivity index (χ2v) is 5.98. The van der Waals surface area contributed by atoms with Gasteiger partial charge in [-0.05, 0) is 33.2 Å². The van der Waals surface area contributed by atoms with E-state index in [1.165, 1.54) is 0 Å². The van der Waals surface area contributed by atoms with Crippen molar-refractivity contribution in [2.24, 2.45) is 5.73 Å². The van der Waals surface area contributed by atoms with Crippen LogP contribution in [0.5, 0.6) is 0 Å². The number of rotatable bonds is 7. The van der Waals surface area contributed by atoms with Gasteiger partial charge in [0.2, 0.25) is 5.91 Å². The normalized spacial score (nSPS) is 21.9. The number of likely N-dealkylation sites (tertiary alicyclic amines) is 1. The summed E-state index contributed by atoms with van der Waals surface area (Å²) in [4.78, 5) is 13.0. The van der Waals surface area contributed by atoms with Gasteiger partial charge < -0.3 is 14.8 Å². The van der Waals surface area contributed by atoms with Crippen LogP contribution in [0.4, 0.5) is 0 Å². The molecule has 1 aliphatic heterocycles. The molecule has 0 aliphatic carbocycles. The Morgan fingerprint density at radius 3 is 2.47 bits per heavy atom. The summed E-state index contributed by atoms with van der Waals surface area (Å²) in [5.41, 5.74) is 5.30. The minimum absolute atomic E-state index is 0.141. The van der Waals surface area contributed by atoms with Crippen LogP contribution in [-0.2, 0) is 18.4 Å².